The van der Waals surface area contributed by atoms with Crippen molar-refractivity contribution >= 4 is 22.6 Å². The van der Waals surface area contributed by atoms with Gasteiger partial charge in [0.1, 0.15) is 17.5 Å². The van der Waals surface area contributed by atoms with Crippen molar-refractivity contribution in [3.8, 4) is 17.3 Å². The molecule has 170 valence electrons. The van der Waals surface area contributed by atoms with E-state index in [1.165, 1.54) is 17.7 Å². The number of aromatic nitrogens is 3. The number of anilines is 1. The number of fused-ring (bicyclic) bond motifs is 1. The third-order valence-electron chi connectivity index (χ3n) is 6.23. The SMILES string of the molecule is CO[C@]1(c2cc(C#N)cc(-c3cn(C4CC4(F)F)c4cnc(NC(C)=O)cc34)n2)CCOC1. The molecule has 1 N–H and O–H groups in total. The van der Waals surface area contributed by atoms with Crippen molar-refractivity contribution in [3.05, 3.63) is 41.9 Å². The molecular weight excluding hydrogens is 432 g/mol. The Morgan fingerprint density at radius 3 is 2.79 bits per heavy atom. The summed E-state index contributed by atoms with van der Waals surface area (Å²) < 4.78 is 40.7. The Balaban J connectivity index is 1.71. The first-order chi connectivity index (χ1) is 15.8. The molecular formula is C23H21F2N5O3. The van der Waals surface area contributed by atoms with Crippen molar-refractivity contribution < 1.29 is 23.0 Å². The lowest BCUT2D eigenvalue weighted by atomic mass is 9.95. The summed E-state index contributed by atoms with van der Waals surface area (Å²) in [5.74, 6) is -2.80. The summed E-state index contributed by atoms with van der Waals surface area (Å²) in [4.78, 5) is 20.5. The van der Waals surface area contributed by atoms with E-state index >= 15 is 0 Å². The molecule has 4 heterocycles. The monoisotopic (exact) mass is 453 g/mol. The van der Waals surface area contributed by atoms with E-state index in [0.717, 1.165) is 0 Å². The van der Waals surface area contributed by atoms with E-state index in [2.05, 4.69) is 16.4 Å². The van der Waals surface area contributed by atoms with Gasteiger partial charge < -0.3 is 19.4 Å². The quantitative estimate of drug-likeness (QED) is 0.631. The van der Waals surface area contributed by atoms with Gasteiger partial charge in [0.15, 0.2) is 0 Å². The molecule has 1 aliphatic heterocycles. The fourth-order valence-electron chi connectivity index (χ4n) is 4.34. The van der Waals surface area contributed by atoms with Gasteiger partial charge in [-0.15, -0.1) is 0 Å². The van der Waals surface area contributed by atoms with Crippen LogP contribution in [0.3, 0.4) is 0 Å². The van der Waals surface area contributed by atoms with Crippen molar-refractivity contribution in [2.24, 2.45) is 0 Å². The smallest absolute Gasteiger partial charge is 0.270 e. The normalized spacial score (nSPS) is 23.4. The molecule has 5 rings (SSSR count). The number of alkyl halides is 2. The van der Waals surface area contributed by atoms with Crippen LogP contribution >= 0.6 is 0 Å². The Morgan fingerprint density at radius 2 is 2.18 bits per heavy atom. The summed E-state index contributed by atoms with van der Waals surface area (Å²) in [6, 6.07) is 6.09. The summed E-state index contributed by atoms with van der Waals surface area (Å²) in [5.41, 5.74) is 1.63. The van der Waals surface area contributed by atoms with Crippen molar-refractivity contribution in [1.29, 1.82) is 5.26 Å². The lowest BCUT2D eigenvalue weighted by Gasteiger charge is -2.25. The molecule has 2 fully saturated rings. The molecule has 1 aliphatic carbocycles. The maximum absolute atomic E-state index is 14.0. The number of nitrogens with zero attached hydrogens (tertiary/aromatic N) is 4. The number of hydrogen-bond acceptors (Lipinski definition) is 6. The van der Waals surface area contributed by atoms with Crippen LogP contribution in [0.2, 0.25) is 0 Å². The first-order valence-electron chi connectivity index (χ1n) is 10.5. The Morgan fingerprint density at radius 1 is 1.39 bits per heavy atom. The van der Waals surface area contributed by atoms with Crippen LogP contribution in [0, 0.1) is 11.3 Å². The first-order valence-corrected chi connectivity index (χ1v) is 10.5. The zero-order chi connectivity index (χ0) is 23.4. The molecule has 0 bridgehead atoms. The van der Waals surface area contributed by atoms with Crippen LogP contribution in [0.1, 0.15) is 37.1 Å². The second kappa shape index (κ2) is 7.57. The predicted molar refractivity (Wildman–Crippen MR) is 115 cm³/mol. The molecule has 1 saturated heterocycles. The molecule has 3 aromatic rings. The molecule has 1 amide bonds. The number of nitrogens with one attached hydrogen (secondary N) is 1. The second-order valence-electron chi connectivity index (χ2n) is 8.44. The highest BCUT2D eigenvalue weighted by Crippen LogP contribution is 2.54. The summed E-state index contributed by atoms with van der Waals surface area (Å²) >= 11 is 0. The summed E-state index contributed by atoms with van der Waals surface area (Å²) in [7, 11) is 1.57. The van der Waals surface area contributed by atoms with Crippen molar-refractivity contribution in [2.45, 2.75) is 37.3 Å². The van der Waals surface area contributed by atoms with Crippen LogP contribution < -0.4 is 5.32 Å². The number of ether oxygens (including phenoxy) is 2. The van der Waals surface area contributed by atoms with Gasteiger partial charge in [0, 0.05) is 50.6 Å². The molecule has 2 aliphatic rings. The Kier molecular flexibility index (Phi) is 4.92. The Bertz CT molecular complexity index is 1310. The fraction of sp³-hybridized carbons (Fsp3) is 0.391. The molecule has 1 saturated carbocycles. The zero-order valence-corrected chi connectivity index (χ0v) is 18.1. The number of rotatable bonds is 5. The minimum absolute atomic E-state index is 0.259. The molecule has 33 heavy (non-hydrogen) atoms. The predicted octanol–water partition coefficient (Wildman–Crippen LogP) is 3.77. The first kappa shape index (κ1) is 21.4. The highest BCUT2D eigenvalue weighted by atomic mass is 19.3. The topological polar surface area (TPSA) is 102 Å². The maximum atomic E-state index is 14.0. The number of methoxy groups -OCH3 is 1. The van der Waals surface area contributed by atoms with Gasteiger partial charge >= 0.3 is 0 Å². The van der Waals surface area contributed by atoms with Gasteiger partial charge in [-0.1, -0.05) is 0 Å². The van der Waals surface area contributed by atoms with E-state index in [1.807, 2.05) is 0 Å². The summed E-state index contributed by atoms with van der Waals surface area (Å²) in [5, 5.41) is 12.9. The number of nitriles is 1. The van der Waals surface area contributed by atoms with E-state index in [0.29, 0.717) is 58.9 Å². The highest BCUT2D eigenvalue weighted by Gasteiger charge is 2.58. The molecule has 1 unspecified atom stereocenters. The third kappa shape index (κ3) is 3.63. The lowest BCUT2D eigenvalue weighted by Crippen LogP contribution is -2.30. The number of halogens is 2. The van der Waals surface area contributed by atoms with Crippen LogP contribution in [-0.4, -0.2) is 46.7 Å². The van der Waals surface area contributed by atoms with Crippen LogP contribution in [0.5, 0.6) is 0 Å². The minimum Gasteiger partial charge on any atom is -0.378 e. The second-order valence-corrected chi connectivity index (χ2v) is 8.44. The standard InChI is InChI=1S/C23H21F2N5O3/c1-13(31)28-21-7-15-16(11-30(18(15)10-27-21)20-8-23(20,24)25)17-5-14(9-26)6-19(29-17)22(32-2)3-4-33-12-22/h5-7,10-11,20H,3-4,8,12H2,1-2H3,(H,27,28,31)/t20?,22-/m1/s1. The van der Waals surface area contributed by atoms with Gasteiger partial charge in [-0.3, -0.25) is 4.79 Å². The van der Waals surface area contributed by atoms with E-state index < -0.39 is 17.6 Å². The molecule has 2 atom stereocenters. The molecule has 10 heteroatoms. The van der Waals surface area contributed by atoms with Gasteiger partial charge in [-0.05, 0) is 18.2 Å². The van der Waals surface area contributed by atoms with Crippen molar-refractivity contribution in [3.63, 3.8) is 0 Å². The Labute approximate surface area is 188 Å². The molecule has 0 spiro atoms. The number of pyridine rings is 2. The Hall–Kier alpha value is -3.42. The molecule has 0 aromatic carbocycles. The van der Waals surface area contributed by atoms with E-state index in [4.69, 9.17) is 14.5 Å². The highest BCUT2D eigenvalue weighted by molar-refractivity contribution is 5.98. The van der Waals surface area contributed by atoms with E-state index in [1.54, 1.807) is 31.5 Å². The lowest BCUT2D eigenvalue weighted by molar-refractivity contribution is -0.114. The van der Waals surface area contributed by atoms with Gasteiger partial charge in [0.25, 0.3) is 5.92 Å². The van der Waals surface area contributed by atoms with Crippen LogP contribution in [0.4, 0.5) is 14.6 Å². The van der Waals surface area contributed by atoms with Gasteiger partial charge in [0.05, 0.1) is 41.3 Å². The maximum Gasteiger partial charge on any atom is 0.270 e. The molecule has 3 aromatic heterocycles. The van der Waals surface area contributed by atoms with Crippen LogP contribution in [-0.2, 0) is 19.9 Å². The number of carbonyl (C=O) groups excluding carboxylic acids is 1. The zero-order valence-electron chi connectivity index (χ0n) is 18.1. The fourth-order valence-corrected chi connectivity index (χ4v) is 4.34. The number of hydrogen-bond donors (Lipinski definition) is 1. The van der Waals surface area contributed by atoms with Gasteiger partial charge in [-0.25, -0.2) is 18.7 Å². The molecule has 8 nitrogen and oxygen atoms in total. The van der Waals surface area contributed by atoms with E-state index in [9.17, 15) is 18.8 Å². The minimum atomic E-state index is -2.80. The van der Waals surface area contributed by atoms with Gasteiger partial charge in [0.2, 0.25) is 5.91 Å². The summed E-state index contributed by atoms with van der Waals surface area (Å²) in [6.45, 7) is 2.17. The third-order valence-corrected chi connectivity index (χ3v) is 6.23. The number of carbonyl (C=O) groups is 1. The van der Waals surface area contributed by atoms with Gasteiger partial charge in [-0.2, -0.15) is 5.26 Å². The van der Waals surface area contributed by atoms with Crippen molar-refractivity contribution in [2.75, 3.05) is 25.6 Å². The largest absolute Gasteiger partial charge is 0.378 e. The average molecular weight is 453 g/mol. The van der Waals surface area contributed by atoms with Crippen molar-refractivity contribution in [1.82, 2.24) is 14.5 Å². The average Bonchev–Trinajstić information content (AvgIpc) is 3.14. The number of amides is 1. The van der Waals surface area contributed by atoms with Crippen LogP contribution in [0.15, 0.2) is 30.6 Å². The van der Waals surface area contributed by atoms with E-state index in [-0.39, 0.29) is 12.3 Å². The summed E-state index contributed by atoms with van der Waals surface area (Å²) in [6.07, 6.45) is 3.41. The molecule has 0 radical (unpaired) electrons. The van der Waals surface area contributed by atoms with Crippen LogP contribution in [0.25, 0.3) is 22.2 Å².